The Morgan fingerprint density at radius 1 is 1.50 bits per heavy atom. The van der Waals surface area contributed by atoms with Crippen LogP contribution in [-0.4, -0.2) is 46.1 Å². The van der Waals surface area contributed by atoms with Gasteiger partial charge < -0.3 is 9.84 Å². The zero-order chi connectivity index (χ0) is 13.0. The Labute approximate surface area is 111 Å². The minimum absolute atomic E-state index is 0.110. The molecular weight excluding hydrogens is 252 g/mol. The second-order valence-electron chi connectivity index (χ2n) is 4.16. The molecule has 1 N–H and O–H groups in total. The minimum Gasteiger partial charge on any atom is -0.464 e. The third-order valence-corrected chi connectivity index (χ3v) is 3.70. The first-order chi connectivity index (χ1) is 8.66. The zero-order valence-corrected chi connectivity index (χ0v) is 11.0. The van der Waals surface area contributed by atoms with E-state index < -0.39 is 6.09 Å². The van der Waals surface area contributed by atoms with Crippen LogP contribution in [0.1, 0.15) is 5.56 Å². The van der Waals surface area contributed by atoms with E-state index in [1.807, 2.05) is 41.7 Å². The fourth-order valence-corrected chi connectivity index (χ4v) is 2.69. The summed E-state index contributed by atoms with van der Waals surface area (Å²) in [6.07, 6.45) is -0.919. The number of rotatable bonds is 4. The molecule has 6 heteroatoms. The molecule has 1 heterocycles. The second-order valence-corrected chi connectivity index (χ2v) is 5.34. The molecule has 2 rings (SSSR count). The van der Waals surface area contributed by atoms with Crippen molar-refractivity contribution >= 4 is 18.2 Å². The zero-order valence-electron chi connectivity index (χ0n) is 10.2. The van der Waals surface area contributed by atoms with Gasteiger partial charge in [0.15, 0.2) is 0 Å². The average Bonchev–Trinajstić information content (AvgIpc) is 2.72. The normalized spacial score (nSPS) is 20.3. The standard InChI is InChI=1S/C12H16N2O3S/c1-13-7-11(14(18-13)12(15)16)9-17-8-10-5-3-2-4-6-10/h2-6,11H,7-9H2,1H3,(H,15,16)/t11-/m0/s1. The monoisotopic (exact) mass is 268 g/mol. The van der Waals surface area contributed by atoms with Crippen LogP contribution >= 0.6 is 12.1 Å². The van der Waals surface area contributed by atoms with Crippen LogP contribution in [0.25, 0.3) is 0 Å². The lowest BCUT2D eigenvalue weighted by atomic mass is 10.2. The Kier molecular flexibility index (Phi) is 4.46. The summed E-state index contributed by atoms with van der Waals surface area (Å²) in [7, 11) is 1.87. The van der Waals surface area contributed by atoms with Gasteiger partial charge in [-0.15, -0.1) is 0 Å². The van der Waals surface area contributed by atoms with Crippen LogP contribution in [0.4, 0.5) is 4.79 Å². The van der Waals surface area contributed by atoms with Gasteiger partial charge in [-0.3, -0.25) is 0 Å². The van der Waals surface area contributed by atoms with Gasteiger partial charge in [-0.2, -0.15) is 0 Å². The van der Waals surface area contributed by atoms with Gasteiger partial charge in [-0.25, -0.2) is 13.4 Å². The molecule has 5 nitrogen and oxygen atoms in total. The van der Waals surface area contributed by atoms with Gasteiger partial charge >= 0.3 is 6.09 Å². The molecule has 1 aromatic rings. The number of amides is 1. The number of carbonyl (C=O) groups is 1. The van der Waals surface area contributed by atoms with E-state index >= 15 is 0 Å². The average molecular weight is 268 g/mol. The Morgan fingerprint density at radius 3 is 2.89 bits per heavy atom. The highest BCUT2D eigenvalue weighted by Gasteiger charge is 2.33. The van der Waals surface area contributed by atoms with E-state index in [0.29, 0.717) is 19.8 Å². The molecule has 1 atom stereocenters. The number of hydrogen-bond acceptors (Lipinski definition) is 4. The molecule has 0 aliphatic carbocycles. The number of benzene rings is 1. The maximum atomic E-state index is 11.0. The van der Waals surface area contributed by atoms with Crippen molar-refractivity contribution in [1.82, 2.24) is 8.61 Å². The van der Waals surface area contributed by atoms with E-state index in [0.717, 1.165) is 5.56 Å². The van der Waals surface area contributed by atoms with E-state index in [1.165, 1.54) is 16.4 Å². The number of nitrogens with zero attached hydrogens (tertiary/aromatic N) is 2. The molecule has 1 fully saturated rings. The van der Waals surface area contributed by atoms with Crippen molar-refractivity contribution < 1.29 is 14.6 Å². The summed E-state index contributed by atoms with van der Waals surface area (Å²) in [4.78, 5) is 11.0. The minimum atomic E-state index is -0.919. The maximum absolute atomic E-state index is 11.0. The predicted octanol–water partition coefficient (Wildman–Crippen LogP) is 2.06. The summed E-state index contributed by atoms with van der Waals surface area (Å²) in [5, 5.41) is 9.04. The molecule has 0 saturated carbocycles. The molecular formula is C12H16N2O3S. The van der Waals surface area contributed by atoms with Gasteiger partial charge in [0.2, 0.25) is 0 Å². The van der Waals surface area contributed by atoms with Crippen LogP contribution in [0, 0.1) is 0 Å². The first-order valence-corrected chi connectivity index (χ1v) is 6.43. The highest BCUT2D eigenvalue weighted by molar-refractivity contribution is 7.95. The van der Waals surface area contributed by atoms with Crippen LogP contribution in [0.15, 0.2) is 30.3 Å². The molecule has 0 unspecified atom stereocenters. The maximum Gasteiger partial charge on any atom is 0.418 e. The van der Waals surface area contributed by atoms with E-state index in [4.69, 9.17) is 9.84 Å². The predicted molar refractivity (Wildman–Crippen MR) is 70.0 cm³/mol. The highest BCUT2D eigenvalue weighted by Crippen LogP contribution is 2.27. The molecule has 1 aliphatic heterocycles. The van der Waals surface area contributed by atoms with E-state index in [-0.39, 0.29) is 6.04 Å². The van der Waals surface area contributed by atoms with Crippen molar-refractivity contribution in [2.75, 3.05) is 20.2 Å². The van der Waals surface area contributed by atoms with Crippen LogP contribution in [0.2, 0.25) is 0 Å². The molecule has 18 heavy (non-hydrogen) atoms. The fraction of sp³-hybridized carbons (Fsp3) is 0.417. The van der Waals surface area contributed by atoms with Gasteiger partial charge in [0.1, 0.15) is 0 Å². The summed E-state index contributed by atoms with van der Waals surface area (Å²) in [6, 6.07) is 9.75. The van der Waals surface area contributed by atoms with Gasteiger partial charge in [-0.05, 0) is 12.6 Å². The Hall–Kier alpha value is -1.24. The lowest BCUT2D eigenvalue weighted by Crippen LogP contribution is -2.35. The number of carboxylic acid groups (broad SMARTS) is 1. The van der Waals surface area contributed by atoms with E-state index in [1.54, 1.807) is 0 Å². The summed E-state index contributed by atoms with van der Waals surface area (Å²) < 4.78 is 8.82. The Morgan fingerprint density at radius 2 is 2.22 bits per heavy atom. The lowest BCUT2D eigenvalue weighted by molar-refractivity contribution is 0.0800. The second kappa shape index (κ2) is 6.08. The van der Waals surface area contributed by atoms with Gasteiger partial charge in [0, 0.05) is 18.7 Å². The Bertz CT molecular complexity index is 402. The third kappa shape index (κ3) is 3.38. The van der Waals surface area contributed by atoms with Crippen molar-refractivity contribution in [3.8, 4) is 0 Å². The van der Waals surface area contributed by atoms with E-state index in [2.05, 4.69) is 0 Å². The lowest BCUT2D eigenvalue weighted by Gasteiger charge is -2.18. The van der Waals surface area contributed by atoms with Crippen LogP contribution in [-0.2, 0) is 11.3 Å². The molecule has 1 saturated heterocycles. The van der Waals surface area contributed by atoms with Crippen molar-refractivity contribution in [1.29, 1.82) is 0 Å². The van der Waals surface area contributed by atoms with Crippen LogP contribution in [0.5, 0.6) is 0 Å². The van der Waals surface area contributed by atoms with Gasteiger partial charge in [0.05, 0.1) is 19.3 Å². The molecule has 0 bridgehead atoms. The molecule has 1 aliphatic rings. The first-order valence-electron chi connectivity index (χ1n) is 5.70. The number of hydrogen-bond donors (Lipinski definition) is 1. The summed E-state index contributed by atoms with van der Waals surface area (Å²) >= 11 is 1.22. The molecule has 0 spiro atoms. The van der Waals surface area contributed by atoms with Crippen LogP contribution in [0.3, 0.4) is 0 Å². The van der Waals surface area contributed by atoms with Gasteiger partial charge in [0.25, 0.3) is 0 Å². The topological polar surface area (TPSA) is 53.0 Å². The quantitative estimate of drug-likeness (QED) is 0.847. The highest BCUT2D eigenvalue weighted by atomic mass is 32.2. The third-order valence-electron chi connectivity index (χ3n) is 2.64. The van der Waals surface area contributed by atoms with E-state index in [9.17, 15) is 4.79 Å². The summed E-state index contributed by atoms with van der Waals surface area (Å²) in [6.45, 7) is 1.61. The van der Waals surface area contributed by atoms with Crippen molar-refractivity contribution in [3.05, 3.63) is 35.9 Å². The smallest absolute Gasteiger partial charge is 0.418 e. The first kappa shape index (κ1) is 13.2. The Balaban J connectivity index is 1.81. The largest absolute Gasteiger partial charge is 0.464 e. The number of likely N-dealkylation sites (N-methyl/N-ethyl adjacent to an activating group) is 1. The van der Waals surface area contributed by atoms with Gasteiger partial charge in [-0.1, -0.05) is 30.3 Å². The fourth-order valence-electron chi connectivity index (χ4n) is 1.82. The summed E-state index contributed by atoms with van der Waals surface area (Å²) in [5.41, 5.74) is 1.10. The van der Waals surface area contributed by atoms with Crippen molar-refractivity contribution in [2.24, 2.45) is 0 Å². The van der Waals surface area contributed by atoms with Crippen LogP contribution < -0.4 is 0 Å². The molecule has 98 valence electrons. The van der Waals surface area contributed by atoms with Crippen molar-refractivity contribution in [3.63, 3.8) is 0 Å². The molecule has 1 amide bonds. The number of ether oxygens (including phenoxy) is 1. The summed E-state index contributed by atoms with van der Waals surface area (Å²) in [5.74, 6) is 0. The molecule has 0 aromatic heterocycles. The molecule has 0 radical (unpaired) electrons. The SMILES string of the molecule is CN1C[C@@H](COCc2ccccc2)N(C(=O)O)S1. The molecule has 1 aromatic carbocycles. The van der Waals surface area contributed by atoms with Crippen molar-refractivity contribution in [2.45, 2.75) is 12.6 Å².